The van der Waals surface area contributed by atoms with Gasteiger partial charge in [-0.2, -0.15) is 12.7 Å². The van der Waals surface area contributed by atoms with Gasteiger partial charge < -0.3 is 0 Å². The van der Waals surface area contributed by atoms with E-state index in [0.29, 0.717) is 13.1 Å². The molecule has 1 heterocycles. The van der Waals surface area contributed by atoms with Crippen LogP contribution in [0.5, 0.6) is 0 Å². The summed E-state index contributed by atoms with van der Waals surface area (Å²) in [5.74, 6) is 0. The van der Waals surface area contributed by atoms with E-state index in [1.165, 1.54) is 11.4 Å². The Morgan fingerprint density at radius 1 is 1.50 bits per heavy atom. The molecule has 1 fully saturated rings. The fraction of sp³-hybridized carbons (Fsp3) is 1.00. The summed E-state index contributed by atoms with van der Waals surface area (Å²) in [6.45, 7) is 5.48. The molecule has 0 aromatic heterocycles. The van der Waals surface area contributed by atoms with E-state index < -0.39 is 10.2 Å². The first-order valence-corrected chi connectivity index (χ1v) is 5.56. The number of rotatable bonds is 3. The highest BCUT2D eigenvalue weighted by Crippen LogP contribution is 2.34. The van der Waals surface area contributed by atoms with Gasteiger partial charge in [0, 0.05) is 20.1 Å². The molecule has 1 N–H and O–H groups in total. The summed E-state index contributed by atoms with van der Waals surface area (Å²) in [7, 11) is -1.72. The Morgan fingerprint density at radius 3 is 2.33 bits per heavy atom. The Kier molecular flexibility index (Phi) is 2.47. The van der Waals surface area contributed by atoms with Crippen molar-refractivity contribution < 1.29 is 8.42 Å². The van der Waals surface area contributed by atoms with Crippen LogP contribution in [0.15, 0.2) is 0 Å². The van der Waals surface area contributed by atoms with Gasteiger partial charge in [0.2, 0.25) is 0 Å². The molecule has 4 nitrogen and oxygen atoms in total. The molecule has 0 spiro atoms. The Morgan fingerprint density at radius 2 is 2.00 bits per heavy atom. The van der Waals surface area contributed by atoms with Gasteiger partial charge in [0.15, 0.2) is 0 Å². The van der Waals surface area contributed by atoms with Crippen LogP contribution in [0.3, 0.4) is 0 Å². The SMILES string of the molecule is CCC1(C)CN(S(=O)(=O)NC)C1. The monoisotopic (exact) mass is 192 g/mol. The van der Waals surface area contributed by atoms with Crippen LogP contribution in [0.25, 0.3) is 0 Å². The zero-order valence-electron chi connectivity index (χ0n) is 7.79. The van der Waals surface area contributed by atoms with Crippen molar-refractivity contribution in [2.45, 2.75) is 20.3 Å². The van der Waals surface area contributed by atoms with Crippen molar-refractivity contribution in [3.8, 4) is 0 Å². The smallest absolute Gasteiger partial charge is 0.205 e. The van der Waals surface area contributed by atoms with E-state index in [9.17, 15) is 8.42 Å². The third-order valence-corrected chi connectivity index (χ3v) is 4.02. The molecule has 5 heteroatoms. The van der Waals surface area contributed by atoms with E-state index in [1.54, 1.807) is 0 Å². The number of hydrogen-bond acceptors (Lipinski definition) is 2. The summed E-state index contributed by atoms with van der Waals surface area (Å²) in [5.41, 5.74) is 0.198. The fourth-order valence-electron chi connectivity index (χ4n) is 1.33. The van der Waals surface area contributed by atoms with Crippen molar-refractivity contribution in [2.24, 2.45) is 5.41 Å². The zero-order chi connectivity index (χ0) is 9.41. The van der Waals surface area contributed by atoms with Crippen molar-refractivity contribution in [3.63, 3.8) is 0 Å². The lowest BCUT2D eigenvalue weighted by Gasteiger charge is -2.46. The van der Waals surface area contributed by atoms with Gasteiger partial charge in [0.25, 0.3) is 10.2 Å². The first kappa shape index (κ1) is 9.95. The van der Waals surface area contributed by atoms with Crippen LogP contribution in [0, 0.1) is 5.41 Å². The Bertz CT molecular complexity index is 255. The second-order valence-electron chi connectivity index (χ2n) is 3.64. The van der Waals surface area contributed by atoms with Crippen molar-refractivity contribution in [2.75, 3.05) is 20.1 Å². The second-order valence-corrected chi connectivity index (χ2v) is 5.52. The van der Waals surface area contributed by atoms with Crippen LogP contribution < -0.4 is 4.72 Å². The molecular weight excluding hydrogens is 176 g/mol. The Labute approximate surface area is 74.1 Å². The molecule has 1 aliphatic rings. The highest BCUT2D eigenvalue weighted by atomic mass is 32.2. The molecule has 1 rings (SSSR count). The van der Waals surface area contributed by atoms with Crippen LogP contribution >= 0.6 is 0 Å². The first-order valence-electron chi connectivity index (χ1n) is 4.12. The molecule has 12 heavy (non-hydrogen) atoms. The van der Waals surface area contributed by atoms with Crippen molar-refractivity contribution in [3.05, 3.63) is 0 Å². The molecule has 0 amide bonds. The number of nitrogens with one attached hydrogen (secondary N) is 1. The standard InChI is InChI=1S/C7H16N2O2S/c1-4-7(2)5-9(6-7)12(10,11)8-3/h8H,4-6H2,1-3H3. The van der Waals surface area contributed by atoms with E-state index >= 15 is 0 Å². The quantitative estimate of drug-likeness (QED) is 0.693. The topological polar surface area (TPSA) is 49.4 Å². The largest absolute Gasteiger partial charge is 0.279 e. The third-order valence-electron chi connectivity index (χ3n) is 2.57. The van der Waals surface area contributed by atoms with Crippen LogP contribution in [0.1, 0.15) is 20.3 Å². The minimum Gasteiger partial charge on any atom is -0.205 e. The van der Waals surface area contributed by atoms with Crippen LogP contribution in [0.2, 0.25) is 0 Å². The summed E-state index contributed by atoms with van der Waals surface area (Å²) in [4.78, 5) is 0. The van der Waals surface area contributed by atoms with E-state index in [2.05, 4.69) is 18.6 Å². The lowest BCUT2D eigenvalue weighted by Crippen LogP contribution is -2.58. The zero-order valence-corrected chi connectivity index (χ0v) is 8.61. The Hall–Kier alpha value is -0.130. The van der Waals surface area contributed by atoms with Crippen LogP contribution in [-0.2, 0) is 10.2 Å². The maximum Gasteiger partial charge on any atom is 0.279 e. The molecule has 0 aliphatic carbocycles. The molecule has 0 bridgehead atoms. The average Bonchev–Trinajstić information content (AvgIpc) is 1.98. The molecule has 72 valence electrons. The molecular formula is C7H16N2O2S. The summed E-state index contributed by atoms with van der Waals surface area (Å²) in [6, 6.07) is 0. The highest BCUT2D eigenvalue weighted by Gasteiger charge is 2.42. The van der Waals surface area contributed by atoms with Crippen molar-refractivity contribution >= 4 is 10.2 Å². The van der Waals surface area contributed by atoms with Gasteiger partial charge in [-0.15, -0.1) is 0 Å². The van der Waals surface area contributed by atoms with Crippen molar-refractivity contribution in [1.82, 2.24) is 9.03 Å². The molecule has 0 radical (unpaired) electrons. The summed E-state index contributed by atoms with van der Waals surface area (Å²) in [5, 5.41) is 0. The summed E-state index contributed by atoms with van der Waals surface area (Å²) < 4.78 is 26.2. The molecule has 0 aromatic rings. The third kappa shape index (κ3) is 1.62. The molecule has 1 aliphatic heterocycles. The van der Waals surface area contributed by atoms with E-state index in [1.807, 2.05) is 0 Å². The minimum absolute atomic E-state index is 0.198. The lowest BCUT2D eigenvalue weighted by molar-refractivity contribution is 0.0850. The summed E-state index contributed by atoms with van der Waals surface area (Å²) in [6.07, 6.45) is 1.03. The van der Waals surface area contributed by atoms with E-state index in [-0.39, 0.29) is 5.41 Å². The van der Waals surface area contributed by atoms with Gasteiger partial charge in [-0.3, -0.25) is 0 Å². The second kappa shape index (κ2) is 2.97. The van der Waals surface area contributed by atoms with Crippen LogP contribution in [-0.4, -0.2) is 32.9 Å². The van der Waals surface area contributed by atoms with E-state index in [4.69, 9.17) is 0 Å². The molecule has 1 saturated heterocycles. The predicted octanol–water partition coefficient (Wildman–Crippen LogP) is 0.182. The highest BCUT2D eigenvalue weighted by molar-refractivity contribution is 7.87. The molecule has 0 unspecified atom stereocenters. The predicted molar refractivity (Wildman–Crippen MR) is 48.0 cm³/mol. The van der Waals surface area contributed by atoms with Gasteiger partial charge in [-0.25, -0.2) is 4.72 Å². The van der Waals surface area contributed by atoms with Crippen molar-refractivity contribution in [1.29, 1.82) is 0 Å². The Balaban J connectivity index is 2.56. The first-order chi connectivity index (χ1) is 5.43. The van der Waals surface area contributed by atoms with Gasteiger partial charge in [-0.05, 0) is 11.8 Å². The lowest BCUT2D eigenvalue weighted by atomic mass is 9.82. The molecule has 0 aromatic carbocycles. The average molecular weight is 192 g/mol. The van der Waals surface area contributed by atoms with Gasteiger partial charge >= 0.3 is 0 Å². The number of nitrogens with zero attached hydrogens (tertiary/aromatic N) is 1. The minimum atomic E-state index is -3.16. The van der Waals surface area contributed by atoms with Gasteiger partial charge in [0.1, 0.15) is 0 Å². The van der Waals surface area contributed by atoms with Gasteiger partial charge in [-0.1, -0.05) is 13.8 Å². The number of hydrogen-bond donors (Lipinski definition) is 1. The van der Waals surface area contributed by atoms with Crippen LogP contribution in [0.4, 0.5) is 0 Å². The van der Waals surface area contributed by atoms with Gasteiger partial charge in [0.05, 0.1) is 0 Å². The maximum absolute atomic E-state index is 11.2. The van der Waals surface area contributed by atoms with E-state index in [0.717, 1.165) is 6.42 Å². The molecule has 0 saturated carbocycles. The summed E-state index contributed by atoms with van der Waals surface area (Å²) >= 11 is 0. The fourth-order valence-corrected chi connectivity index (χ4v) is 2.55. The molecule has 0 atom stereocenters. The maximum atomic E-state index is 11.2. The normalized spacial score (nSPS) is 23.6.